The Morgan fingerprint density at radius 2 is 1.90 bits per heavy atom. The van der Waals surface area contributed by atoms with Crippen LogP contribution in [0.25, 0.3) is 0 Å². The molecule has 8 heteroatoms. The number of fused-ring (bicyclic) bond motifs is 6. The van der Waals surface area contributed by atoms with Gasteiger partial charge < -0.3 is 18.6 Å². The topological polar surface area (TPSA) is 109 Å². The van der Waals surface area contributed by atoms with Gasteiger partial charge in [0.25, 0.3) is 0 Å². The van der Waals surface area contributed by atoms with Gasteiger partial charge in [0.1, 0.15) is 18.0 Å². The van der Waals surface area contributed by atoms with E-state index in [1.165, 1.54) is 7.11 Å². The predicted molar refractivity (Wildman–Crippen MR) is 140 cm³/mol. The van der Waals surface area contributed by atoms with Crippen LogP contribution < -0.4 is 0 Å². The number of esters is 3. The van der Waals surface area contributed by atoms with Gasteiger partial charge in [-0.2, -0.15) is 0 Å². The summed E-state index contributed by atoms with van der Waals surface area (Å²) in [6.07, 6.45) is 6.54. The van der Waals surface area contributed by atoms with E-state index in [2.05, 4.69) is 13.5 Å². The first-order valence-electron chi connectivity index (χ1n) is 13.4. The molecule has 0 saturated heterocycles. The van der Waals surface area contributed by atoms with E-state index in [1.54, 1.807) is 31.6 Å². The van der Waals surface area contributed by atoms with Gasteiger partial charge in [0.2, 0.25) is 0 Å². The number of hydrogen-bond donors (Lipinski definition) is 0. The Kier molecular flexibility index (Phi) is 6.31. The van der Waals surface area contributed by atoms with Crippen LogP contribution in [-0.4, -0.2) is 36.9 Å². The maximum Gasteiger partial charge on any atom is 0.333 e. The largest absolute Gasteiger partial charge is 0.472 e. The maximum absolute atomic E-state index is 14.3. The molecule has 2 fully saturated rings. The van der Waals surface area contributed by atoms with Crippen LogP contribution in [0.4, 0.5) is 0 Å². The molecule has 3 aliphatic carbocycles. The Balaban J connectivity index is 1.69. The molecular formula is C31H36O8. The third kappa shape index (κ3) is 3.85. The van der Waals surface area contributed by atoms with Gasteiger partial charge in [0, 0.05) is 39.9 Å². The summed E-state index contributed by atoms with van der Waals surface area (Å²) in [4.78, 5) is 52.7. The molecule has 7 atom stereocenters. The average Bonchev–Trinajstić information content (AvgIpc) is 3.41. The van der Waals surface area contributed by atoms with Gasteiger partial charge in [0.15, 0.2) is 0 Å². The summed E-state index contributed by atoms with van der Waals surface area (Å²) in [5.41, 5.74) is 0.467. The molecule has 1 aromatic heterocycles. The summed E-state index contributed by atoms with van der Waals surface area (Å²) in [5, 5.41) is 0. The van der Waals surface area contributed by atoms with Crippen molar-refractivity contribution >= 4 is 23.7 Å². The average molecular weight is 537 g/mol. The lowest BCUT2D eigenvalue weighted by Gasteiger charge is -2.62. The first kappa shape index (κ1) is 27.2. The minimum atomic E-state index is -0.951. The number of ketones is 1. The number of ether oxygens (including phenoxy) is 3. The van der Waals surface area contributed by atoms with Crippen LogP contribution in [0.1, 0.15) is 65.5 Å². The molecule has 208 valence electrons. The van der Waals surface area contributed by atoms with Gasteiger partial charge in [-0.3, -0.25) is 9.59 Å². The summed E-state index contributed by atoms with van der Waals surface area (Å²) < 4.78 is 22.2. The van der Waals surface area contributed by atoms with E-state index in [0.29, 0.717) is 12.8 Å². The lowest BCUT2D eigenvalue weighted by atomic mass is 9.41. The molecule has 0 spiro atoms. The van der Waals surface area contributed by atoms with Crippen LogP contribution >= 0.6 is 0 Å². The van der Waals surface area contributed by atoms with Crippen LogP contribution in [-0.2, 0) is 33.4 Å². The fourth-order valence-electron chi connectivity index (χ4n) is 7.90. The van der Waals surface area contributed by atoms with E-state index in [4.69, 9.17) is 18.6 Å². The molecule has 2 heterocycles. The Bertz CT molecular complexity index is 1310. The molecule has 8 nitrogen and oxygen atoms in total. The van der Waals surface area contributed by atoms with Gasteiger partial charge >= 0.3 is 17.9 Å². The first-order chi connectivity index (χ1) is 18.3. The Hall–Kier alpha value is -3.42. The number of hydrogen-bond acceptors (Lipinski definition) is 8. The number of methoxy groups -OCH3 is 1. The molecular weight excluding hydrogens is 500 g/mol. The monoisotopic (exact) mass is 536 g/mol. The normalized spacial score (nSPS) is 36.4. The molecule has 2 bridgehead atoms. The van der Waals surface area contributed by atoms with Crippen molar-refractivity contribution in [1.82, 2.24) is 0 Å². The zero-order valence-corrected chi connectivity index (χ0v) is 23.4. The van der Waals surface area contributed by atoms with Crippen molar-refractivity contribution in [3.05, 3.63) is 59.6 Å². The van der Waals surface area contributed by atoms with E-state index in [-0.39, 0.29) is 23.7 Å². The van der Waals surface area contributed by atoms with Gasteiger partial charge in [-0.25, -0.2) is 9.59 Å². The third-order valence-corrected chi connectivity index (χ3v) is 9.95. The molecule has 1 aromatic rings. The van der Waals surface area contributed by atoms with E-state index in [0.717, 1.165) is 16.7 Å². The Morgan fingerprint density at radius 3 is 2.51 bits per heavy atom. The van der Waals surface area contributed by atoms with Crippen molar-refractivity contribution in [2.24, 2.45) is 34.0 Å². The highest BCUT2D eigenvalue weighted by Crippen LogP contribution is 2.67. The highest BCUT2D eigenvalue weighted by atomic mass is 16.6. The van der Waals surface area contributed by atoms with Crippen LogP contribution in [0.5, 0.6) is 0 Å². The van der Waals surface area contributed by atoms with Gasteiger partial charge in [-0.1, -0.05) is 40.3 Å². The number of cyclic esters (lactones) is 1. The summed E-state index contributed by atoms with van der Waals surface area (Å²) in [5.74, 6) is -3.00. The van der Waals surface area contributed by atoms with Crippen molar-refractivity contribution < 1.29 is 37.8 Å². The number of carbonyl (C=O) groups excluding carboxylic acids is 4. The lowest BCUT2D eigenvalue weighted by molar-refractivity contribution is -0.189. The molecule has 0 N–H and O–H groups in total. The van der Waals surface area contributed by atoms with Crippen LogP contribution in [0.3, 0.4) is 0 Å². The number of rotatable bonds is 5. The molecule has 0 amide bonds. The van der Waals surface area contributed by atoms with Gasteiger partial charge in [0.05, 0.1) is 25.6 Å². The molecule has 1 aliphatic heterocycles. The Labute approximate surface area is 228 Å². The fraction of sp³-hybridized carbons (Fsp3) is 0.548. The van der Waals surface area contributed by atoms with Crippen LogP contribution in [0.2, 0.25) is 0 Å². The quantitative estimate of drug-likeness (QED) is 0.292. The molecule has 0 aromatic carbocycles. The van der Waals surface area contributed by atoms with Gasteiger partial charge in [-0.05, 0) is 48.8 Å². The van der Waals surface area contributed by atoms with E-state index in [9.17, 15) is 19.2 Å². The fourth-order valence-corrected chi connectivity index (χ4v) is 7.90. The molecule has 0 unspecified atom stereocenters. The van der Waals surface area contributed by atoms with Crippen molar-refractivity contribution in [2.45, 2.75) is 66.1 Å². The van der Waals surface area contributed by atoms with Crippen LogP contribution in [0, 0.1) is 34.0 Å². The maximum atomic E-state index is 14.3. The molecule has 5 rings (SSSR count). The van der Waals surface area contributed by atoms with E-state index in [1.807, 2.05) is 26.8 Å². The minimum absolute atomic E-state index is 0.000631. The summed E-state index contributed by atoms with van der Waals surface area (Å²) >= 11 is 0. The Morgan fingerprint density at radius 1 is 1.18 bits per heavy atom. The molecule has 4 aliphatic rings. The first-order valence-corrected chi connectivity index (χ1v) is 13.4. The molecule has 2 saturated carbocycles. The number of carbonyl (C=O) groups is 4. The smallest absolute Gasteiger partial charge is 0.333 e. The second-order valence-corrected chi connectivity index (χ2v) is 12.5. The van der Waals surface area contributed by atoms with Crippen molar-refractivity contribution in [1.29, 1.82) is 0 Å². The lowest BCUT2D eigenvalue weighted by Crippen LogP contribution is -2.66. The number of furan rings is 1. The highest BCUT2D eigenvalue weighted by Gasteiger charge is 2.68. The van der Waals surface area contributed by atoms with Crippen molar-refractivity contribution in [3.63, 3.8) is 0 Å². The highest BCUT2D eigenvalue weighted by molar-refractivity contribution is 5.95. The standard InChI is InChI=1S/C31H36O8/c1-16(2)28(35)39-27-19-12-18-20(31(6,25(19)34)22(29(27,3)4)14-23(32)36-7)8-10-30(5)21(18)13-24(33)38-26(30)17-9-11-37-15-17/h9,11-13,15,19-20,22,26-27H,1,8,10,14H2,2-7H3/t19-,20+,22+,26+,27-,30-,31-/m1/s1. The number of Topliss-reactive ketones (excluding diaryl/α,β-unsaturated/α-hetero) is 1. The summed E-state index contributed by atoms with van der Waals surface area (Å²) in [6.45, 7) is 13.2. The summed E-state index contributed by atoms with van der Waals surface area (Å²) in [6, 6.07) is 1.80. The van der Waals surface area contributed by atoms with E-state index >= 15 is 0 Å². The molecule has 39 heavy (non-hydrogen) atoms. The zero-order valence-electron chi connectivity index (χ0n) is 23.4. The molecule has 0 radical (unpaired) electrons. The minimum Gasteiger partial charge on any atom is -0.472 e. The predicted octanol–water partition coefficient (Wildman–Crippen LogP) is 5.06. The van der Waals surface area contributed by atoms with Crippen LogP contribution in [0.15, 0.2) is 58.5 Å². The second kappa shape index (κ2) is 9.07. The second-order valence-electron chi connectivity index (χ2n) is 12.5. The van der Waals surface area contributed by atoms with Crippen molar-refractivity contribution in [2.75, 3.05) is 7.11 Å². The third-order valence-electron chi connectivity index (χ3n) is 9.95. The zero-order chi connectivity index (χ0) is 28.5. The van der Waals surface area contributed by atoms with Gasteiger partial charge in [-0.15, -0.1) is 0 Å². The summed E-state index contributed by atoms with van der Waals surface area (Å²) in [7, 11) is 1.33. The SMILES string of the molecule is C=C(C)C(=O)O[C@@H]1[C@@H]2C=C3C4=CC(=O)O[C@@H](c5ccoc5)[C@]4(C)CC[C@@H]3[C@@](C)(C2=O)[C@@H](CC(=O)OC)C1(C)C. The number of allylic oxidation sites excluding steroid dienone is 1. The van der Waals surface area contributed by atoms with Crippen molar-refractivity contribution in [3.8, 4) is 0 Å². The van der Waals surface area contributed by atoms with E-state index < -0.39 is 58.2 Å².